The van der Waals surface area contributed by atoms with Crippen molar-refractivity contribution >= 4 is 55.1 Å². The number of carbonyl (C=O) groups excluding carboxylic acids is 1. The van der Waals surface area contributed by atoms with E-state index in [0.29, 0.717) is 29.7 Å². The molecule has 2 N–H and O–H groups in total. The van der Waals surface area contributed by atoms with E-state index in [4.69, 9.17) is 5.11 Å². The standard InChI is InChI=1S/C14H19Br2NO3S/c1-8(2)9(3-4-12(18)19)5-6-17-14(20)11-7-10(15)13(16)21-11/h7-9H,3-6H2,1-2H3,(H,17,20)(H,18,19). The number of aliphatic carboxylic acids is 1. The predicted molar refractivity (Wildman–Crippen MR) is 91.9 cm³/mol. The van der Waals surface area contributed by atoms with Crippen LogP contribution in [0.15, 0.2) is 14.3 Å². The van der Waals surface area contributed by atoms with Crippen molar-refractivity contribution in [2.24, 2.45) is 11.8 Å². The van der Waals surface area contributed by atoms with Gasteiger partial charge in [-0.15, -0.1) is 11.3 Å². The van der Waals surface area contributed by atoms with Gasteiger partial charge in [-0.1, -0.05) is 13.8 Å². The van der Waals surface area contributed by atoms with Crippen molar-refractivity contribution in [3.05, 3.63) is 19.2 Å². The Balaban J connectivity index is 2.42. The van der Waals surface area contributed by atoms with Gasteiger partial charge in [0.1, 0.15) is 0 Å². The number of halogens is 2. The van der Waals surface area contributed by atoms with Crippen LogP contribution < -0.4 is 5.32 Å². The van der Waals surface area contributed by atoms with Gasteiger partial charge in [-0.05, 0) is 62.6 Å². The molecule has 21 heavy (non-hydrogen) atoms. The monoisotopic (exact) mass is 439 g/mol. The predicted octanol–water partition coefficient (Wildman–Crippen LogP) is 4.53. The Hall–Kier alpha value is -0.400. The number of nitrogens with one attached hydrogen (secondary N) is 1. The third-order valence-corrected chi connectivity index (χ3v) is 6.60. The van der Waals surface area contributed by atoms with Crippen molar-refractivity contribution in [2.45, 2.75) is 33.1 Å². The summed E-state index contributed by atoms with van der Waals surface area (Å²) in [6.45, 7) is 4.73. The van der Waals surface area contributed by atoms with Gasteiger partial charge in [0.05, 0.1) is 8.66 Å². The van der Waals surface area contributed by atoms with Crippen LogP contribution >= 0.6 is 43.2 Å². The molecule has 1 heterocycles. The highest BCUT2D eigenvalue weighted by atomic mass is 79.9. The number of amides is 1. The summed E-state index contributed by atoms with van der Waals surface area (Å²) in [5.41, 5.74) is 0. The number of rotatable bonds is 8. The van der Waals surface area contributed by atoms with Crippen molar-refractivity contribution in [1.82, 2.24) is 5.32 Å². The van der Waals surface area contributed by atoms with E-state index >= 15 is 0 Å². The molecule has 0 radical (unpaired) electrons. The molecule has 0 saturated carbocycles. The van der Waals surface area contributed by atoms with Crippen LogP contribution in [0.3, 0.4) is 0 Å². The molecule has 1 unspecified atom stereocenters. The van der Waals surface area contributed by atoms with Gasteiger partial charge < -0.3 is 10.4 Å². The van der Waals surface area contributed by atoms with E-state index in [9.17, 15) is 9.59 Å². The molecule has 7 heteroatoms. The first-order valence-electron chi connectivity index (χ1n) is 6.76. The molecule has 1 amide bonds. The molecule has 1 rings (SSSR count). The highest BCUT2D eigenvalue weighted by Crippen LogP contribution is 2.32. The van der Waals surface area contributed by atoms with E-state index in [1.54, 1.807) is 6.07 Å². The summed E-state index contributed by atoms with van der Waals surface area (Å²) in [4.78, 5) is 23.3. The van der Waals surface area contributed by atoms with E-state index < -0.39 is 5.97 Å². The fourth-order valence-corrected chi connectivity index (χ4v) is 3.99. The first kappa shape index (κ1) is 18.6. The fraction of sp³-hybridized carbons (Fsp3) is 0.571. The van der Waals surface area contributed by atoms with E-state index in [0.717, 1.165) is 14.7 Å². The summed E-state index contributed by atoms with van der Waals surface area (Å²) in [7, 11) is 0. The molecular weight excluding hydrogens is 422 g/mol. The molecule has 0 saturated heterocycles. The Labute approximate surface area is 145 Å². The molecule has 1 aromatic rings. The van der Waals surface area contributed by atoms with E-state index in [1.165, 1.54) is 11.3 Å². The second-order valence-electron chi connectivity index (χ2n) is 5.21. The normalized spacial score (nSPS) is 12.4. The Morgan fingerprint density at radius 2 is 2.00 bits per heavy atom. The van der Waals surface area contributed by atoms with Crippen LogP contribution in [0.1, 0.15) is 42.8 Å². The number of carboxylic acids is 1. The lowest BCUT2D eigenvalue weighted by atomic mass is 9.88. The first-order valence-corrected chi connectivity index (χ1v) is 9.16. The number of thiophene rings is 1. The minimum atomic E-state index is -0.766. The van der Waals surface area contributed by atoms with Gasteiger partial charge in [0.2, 0.25) is 0 Å². The molecule has 0 fully saturated rings. The molecule has 0 aliphatic rings. The third kappa shape index (κ3) is 6.48. The minimum Gasteiger partial charge on any atom is -0.481 e. The third-order valence-electron chi connectivity index (χ3n) is 3.34. The lowest BCUT2D eigenvalue weighted by molar-refractivity contribution is -0.137. The van der Waals surface area contributed by atoms with E-state index in [1.807, 2.05) is 0 Å². The van der Waals surface area contributed by atoms with Crippen molar-refractivity contribution in [2.75, 3.05) is 6.54 Å². The molecule has 1 atom stereocenters. The second kappa shape index (κ2) is 8.90. The minimum absolute atomic E-state index is 0.0906. The van der Waals surface area contributed by atoms with Crippen LogP contribution in [0.2, 0.25) is 0 Å². The van der Waals surface area contributed by atoms with Gasteiger partial charge in [0, 0.05) is 17.4 Å². The fourth-order valence-electron chi connectivity index (χ4n) is 2.04. The van der Waals surface area contributed by atoms with Crippen LogP contribution in [-0.4, -0.2) is 23.5 Å². The van der Waals surface area contributed by atoms with Crippen molar-refractivity contribution in [3.63, 3.8) is 0 Å². The zero-order valence-corrected chi connectivity index (χ0v) is 16.0. The zero-order valence-electron chi connectivity index (χ0n) is 12.0. The first-order chi connectivity index (χ1) is 9.81. The summed E-state index contributed by atoms with van der Waals surface area (Å²) < 4.78 is 1.77. The summed E-state index contributed by atoms with van der Waals surface area (Å²) in [6.07, 6.45) is 1.63. The number of hydrogen-bond donors (Lipinski definition) is 2. The largest absolute Gasteiger partial charge is 0.481 e. The Morgan fingerprint density at radius 3 is 2.48 bits per heavy atom. The maximum atomic E-state index is 12.0. The molecule has 0 bridgehead atoms. The van der Waals surface area contributed by atoms with Gasteiger partial charge in [-0.2, -0.15) is 0 Å². The van der Waals surface area contributed by atoms with Crippen molar-refractivity contribution in [1.29, 1.82) is 0 Å². The lowest BCUT2D eigenvalue weighted by Crippen LogP contribution is -2.26. The van der Waals surface area contributed by atoms with E-state index in [2.05, 4.69) is 51.0 Å². The smallest absolute Gasteiger partial charge is 0.303 e. The summed E-state index contributed by atoms with van der Waals surface area (Å²) in [5.74, 6) is -0.139. The molecule has 0 spiro atoms. The molecule has 118 valence electrons. The summed E-state index contributed by atoms with van der Waals surface area (Å²) in [5, 5.41) is 11.7. The number of hydrogen-bond acceptors (Lipinski definition) is 3. The average molecular weight is 441 g/mol. The second-order valence-corrected chi connectivity index (χ2v) is 8.44. The zero-order chi connectivity index (χ0) is 16.0. The number of carboxylic acid groups (broad SMARTS) is 1. The molecule has 0 aliphatic heterocycles. The van der Waals surface area contributed by atoms with Gasteiger partial charge in [0.25, 0.3) is 5.91 Å². The Bertz CT molecular complexity index is 483. The van der Waals surface area contributed by atoms with Gasteiger partial charge in [-0.25, -0.2) is 0 Å². The highest BCUT2D eigenvalue weighted by molar-refractivity contribution is 9.13. The average Bonchev–Trinajstić information content (AvgIpc) is 2.72. The van der Waals surface area contributed by atoms with Crippen LogP contribution in [-0.2, 0) is 4.79 Å². The quantitative estimate of drug-likeness (QED) is 0.623. The molecule has 4 nitrogen and oxygen atoms in total. The van der Waals surface area contributed by atoms with Crippen LogP contribution in [0, 0.1) is 11.8 Å². The van der Waals surface area contributed by atoms with Crippen LogP contribution in [0.4, 0.5) is 0 Å². The Kier molecular flexibility index (Phi) is 7.90. The van der Waals surface area contributed by atoms with Gasteiger partial charge in [-0.3, -0.25) is 9.59 Å². The molecular formula is C14H19Br2NO3S. The van der Waals surface area contributed by atoms with Crippen molar-refractivity contribution < 1.29 is 14.7 Å². The maximum absolute atomic E-state index is 12.0. The maximum Gasteiger partial charge on any atom is 0.303 e. The van der Waals surface area contributed by atoms with Crippen LogP contribution in [0.25, 0.3) is 0 Å². The lowest BCUT2D eigenvalue weighted by Gasteiger charge is -2.20. The van der Waals surface area contributed by atoms with Gasteiger partial charge >= 0.3 is 5.97 Å². The number of carbonyl (C=O) groups is 2. The van der Waals surface area contributed by atoms with Crippen LogP contribution in [0.5, 0.6) is 0 Å². The molecule has 1 aromatic heterocycles. The molecule has 0 aromatic carbocycles. The topological polar surface area (TPSA) is 66.4 Å². The van der Waals surface area contributed by atoms with E-state index in [-0.39, 0.29) is 12.3 Å². The Morgan fingerprint density at radius 1 is 1.33 bits per heavy atom. The summed E-state index contributed by atoms with van der Waals surface area (Å²) >= 11 is 8.10. The molecule has 0 aliphatic carbocycles. The highest BCUT2D eigenvalue weighted by Gasteiger charge is 2.16. The SMILES string of the molecule is CC(C)C(CCNC(=O)c1cc(Br)c(Br)s1)CCC(=O)O. The summed E-state index contributed by atoms with van der Waals surface area (Å²) in [6, 6.07) is 1.79. The van der Waals surface area contributed by atoms with Crippen molar-refractivity contribution in [3.8, 4) is 0 Å². The van der Waals surface area contributed by atoms with Gasteiger partial charge in [0.15, 0.2) is 0 Å².